The molecule has 6 heteroatoms. The van der Waals surface area contributed by atoms with Crippen LogP contribution in [-0.2, 0) is 16.1 Å². The van der Waals surface area contributed by atoms with Gasteiger partial charge in [-0.1, -0.05) is 12.1 Å². The van der Waals surface area contributed by atoms with Crippen LogP contribution >= 0.6 is 0 Å². The first-order valence-electron chi connectivity index (χ1n) is 5.52. The van der Waals surface area contributed by atoms with E-state index in [1.807, 2.05) is 6.07 Å². The molecule has 0 spiro atoms. The highest BCUT2D eigenvalue weighted by Crippen LogP contribution is 2.13. The summed E-state index contributed by atoms with van der Waals surface area (Å²) in [5.41, 5.74) is 6.15. The van der Waals surface area contributed by atoms with Crippen molar-refractivity contribution in [2.24, 2.45) is 5.73 Å². The molecular weight excluding hydrogens is 238 g/mol. The van der Waals surface area contributed by atoms with E-state index < -0.39 is 12.0 Å². The van der Waals surface area contributed by atoms with Crippen molar-refractivity contribution in [1.82, 2.24) is 0 Å². The van der Waals surface area contributed by atoms with Gasteiger partial charge in [-0.25, -0.2) is 0 Å². The number of hydrogen-bond donors (Lipinski definition) is 3. The van der Waals surface area contributed by atoms with Crippen LogP contribution in [0, 0.1) is 0 Å². The maximum absolute atomic E-state index is 10.5. The normalized spacial score (nSPS) is 12.1. The third-order valence-electron chi connectivity index (χ3n) is 2.14. The van der Waals surface area contributed by atoms with Gasteiger partial charge in [0.1, 0.15) is 18.4 Å². The van der Waals surface area contributed by atoms with Crippen molar-refractivity contribution >= 4 is 5.97 Å². The van der Waals surface area contributed by atoms with E-state index in [4.69, 9.17) is 25.4 Å². The van der Waals surface area contributed by atoms with E-state index in [2.05, 4.69) is 0 Å². The number of benzene rings is 1. The number of hydrogen-bond acceptors (Lipinski definition) is 5. The molecule has 1 aromatic carbocycles. The third kappa shape index (κ3) is 5.13. The van der Waals surface area contributed by atoms with Gasteiger partial charge in [-0.2, -0.15) is 0 Å². The Morgan fingerprint density at radius 1 is 1.44 bits per heavy atom. The quantitative estimate of drug-likeness (QED) is 0.603. The van der Waals surface area contributed by atoms with E-state index in [1.54, 1.807) is 18.2 Å². The first-order chi connectivity index (χ1) is 8.63. The number of ether oxygens (including phenoxy) is 2. The Morgan fingerprint density at radius 3 is 2.89 bits per heavy atom. The maximum atomic E-state index is 10.5. The van der Waals surface area contributed by atoms with Crippen molar-refractivity contribution < 1.29 is 24.5 Å². The fraction of sp³-hybridized carbons (Fsp3) is 0.417. The van der Waals surface area contributed by atoms with Crippen molar-refractivity contribution in [1.29, 1.82) is 0 Å². The van der Waals surface area contributed by atoms with Crippen LogP contribution in [-0.4, -0.2) is 42.0 Å². The monoisotopic (exact) mass is 255 g/mol. The van der Waals surface area contributed by atoms with Crippen LogP contribution in [0.3, 0.4) is 0 Å². The van der Waals surface area contributed by atoms with Gasteiger partial charge in [0.05, 0.1) is 19.8 Å². The molecule has 0 aliphatic heterocycles. The van der Waals surface area contributed by atoms with Gasteiger partial charge < -0.3 is 25.4 Å². The molecule has 0 aliphatic rings. The maximum Gasteiger partial charge on any atom is 0.322 e. The molecule has 0 radical (unpaired) electrons. The van der Waals surface area contributed by atoms with Crippen LogP contribution < -0.4 is 10.5 Å². The molecule has 0 bridgehead atoms. The molecule has 6 nitrogen and oxygen atoms in total. The molecule has 4 N–H and O–H groups in total. The lowest BCUT2D eigenvalue weighted by molar-refractivity contribution is -0.140. The highest BCUT2D eigenvalue weighted by atomic mass is 16.5. The topological polar surface area (TPSA) is 102 Å². The van der Waals surface area contributed by atoms with Crippen molar-refractivity contribution in [3.63, 3.8) is 0 Å². The van der Waals surface area contributed by atoms with Gasteiger partial charge >= 0.3 is 5.97 Å². The second kappa shape index (κ2) is 7.65. The van der Waals surface area contributed by atoms with Gasteiger partial charge in [-0.15, -0.1) is 0 Å². The summed E-state index contributed by atoms with van der Waals surface area (Å²) in [6, 6.07) is 6.14. The minimum Gasteiger partial charge on any atom is -0.491 e. The molecule has 0 aliphatic carbocycles. The molecule has 1 atom stereocenters. The van der Waals surface area contributed by atoms with Gasteiger partial charge in [0.25, 0.3) is 0 Å². The second-order valence-electron chi connectivity index (χ2n) is 3.68. The zero-order valence-electron chi connectivity index (χ0n) is 9.91. The molecule has 0 saturated heterocycles. The van der Waals surface area contributed by atoms with Gasteiger partial charge in [-0.05, 0) is 17.7 Å². The molecule has 0 saturated carbocycles. The zero-order valence-corrected chi connectivity index (χ0v) is 9.91. The van der Waals surface area contributed by atoms with Gasteiger partial charge in [-0.3, -0.25) is 4.79 Å². The third-order valence-corrected chi connectivity index (χ3v) is 2.14. The lowest BCUT2D eigenvalue weighted by Crippen LogP contribution is -2.34. The van der Waals surface area contributed by atoms with Crippen LogP contribution in [0.25, 0.3) is 0 Å². The zero-order chi connectivity index (χ0) is 13.4. The number of carboxylic acids is 1. The van der Waals surface area contributed by atoms with Gasteiger partial charge in [0.2, 0.25) is 0 Å². The second-order valence-corrected chi connectivity index (χ2v) is 3.68. The van der Waals surface area contributed by atoms with Crippen LogP contribution in [0.2, 0.25) is 0 Å². The molecular formula is C12H17NO5. The van der Waals surface area contributed by atoms with Crippen molar-refractivity contribution in [2.75, 3.05) is 19.8 Å². The Morgan fingerprint density at radius 2 is 2.22 bits per heavy atom. The highest BCUT2D eigenvalue weighted by molar-refractivity contribution is 5.73. The first-order valence-corrected chi connectivity index (χ1v) is 5.52. The SMILES string of the molecule is NC(COCc1cccc(OCCO)c1)C(=O)O. The minimum atomic E-state index is -1.09. The van der Waals surface area contributed by atoms with Crippen LogP contribution in [0.15, 0.2) is 24.3 Å². The molecule has 0 aromatic heterocycles. The lowest BCUT2D eigenvalue weighted by Gasteiger charge is -2.09. The van der Waals surface area contributed by atoms with E-state index in [1.165, 1.54) is 0 Å². The molecule has 1 unspecified atom stereocenters. The molecule has 0 amide bonds. The summed E-state index contributed by atoms with van der Waals surface area (Å²) in [6.45, 7) is 0.400. The fourth-order valence-corrected chi connectivity index (χ4v) is 1.26. The Kier molecular flexibility index (Phi) is 6.13. The van der Waals surface area contributed by atoms with E-state index in [-0.39, 0.29) is 26.4 Å². The largest absolute Gasteiger partial charge is 0.491 e. The number of carbonyl (C=O) groups is 1. The van der Waals surface area contributed by atoms with Crippen LogP contribution in [0.5, 0.6) is 5.75 Å². The smallest absolute Gasteiger partial charge is 0.322 e. The van der Waals surface area contributed by atoms with Gasteiger partial charge in [0.15, 0.2) is 0 Å². The standard InChI is InChI=1S/C12H17NO5/c13-11(12(15)16)8-17-7-9-2-1-3-10(6-9)18-5-4-14/h1-3,6,11,14H,4-5,7-8,13H2,(H,15,16). The predicted octanol–water partition coefficient (Wildman–Crippen LogP) is -0.0138. The van der Waals surface area contributed by atoms with E-state index in [0.717, 1.165) is 5.56 Å². The number of nitrogens with two attached hydrogens (primary N) is 1. The van der Waals surface area contributed by atoms with Crippen molar-refractivity contribution in [3.8, 4) is 5.75 Å². The van der Waals surface area contributed by atoms with E-state index >= 15 is 0 Å². The van der Waals surface area contributed by atoms with E-state index in [0.29, 0.717) is 5.75 Å². The molecule has 100 valence electrons. The summed E-state index contributed by atoms with van der Waals surface area (Å²) >= 11 is 0. The summed E-state index contributed by atoms with van der Waals surface area (Å²) in [5, 5.41) is 17.2. The summed E-state index contributed by atoms with van der Waals surface area (Å²) in [4.78, 5) is 10.5. The van der Waals surface area contributed by atoms with Crippen molar-refractivity contribution in [3.05, 3.63) is 29.8 Å². The summed E-state index contributed by atoms with van der Waals surface area (Å²) in [7, 11) is 0. The predicted molar refractivity (Wildman–Crippen MR) is 64.3 cm³/mol. The lowest BCUT2D eigenvalue weighted by atomic mass is 10.2. The molecule has 0 heterocycles. The van der Waals surface area contributed by atoms with Crippen LogP contribution in [0.4, 0.5) is 0 Å². The Balaban J connectivity index is 2.40. The minimum absolute atomic E-state index is 0.0446. The number of rotatable bonds is 8. The number of aliphatic hydroxyl groups excluding tert-OH is 1. The molecule has 18 heavy (non-hydrogen) atoms. The Labute approximate surface area is 105 Å². The summed E-state index contributed by atoms with van der Waals surface area (Å²) in [6.07, 6.45) is 0. The summed E-state index contributed by atoms with van der Waals surface area (Å²) < 4.78 is 10.4. The highest BCUT2D eigenvalue weighted by Gasteiger charge is 2.10. The average Bonchev–Trinajstić information content (AvgIpc) is 2.36. The molecule has 1 aromatic rings. The number of carboxylic acid groups (broad SMARTS) is 1. The number of aliphatic carboxylic acids is 1. The fourth-order valence-electron chi connectivity index (χ4n) is 1.26. The van der Waals surface area contributed by atoms with E-state index in [9.17, 15) is 4.79 Å². The Hall–Kier alpha value is -1.63. The van der Waals surface area contributed by atoms with Gasteiger partial charge in [0, 0.05) is 0 Å². The number of aliphatic hydroxyl groups is 1. The first kappa shape index (κ1) is 14.4. The Bertz CT molecular complexity index is 382. The van der Waals surface area contributed by atoms with Crippen molar-refractivity contribution in [2.45, 2.75) is 12.6 Å². The molecule has 1 rings (SSSR count). The molecule has 0 fully saturated rings. The van der Waals surface area contributed by atoms with Crippen LogP contribution in [0.1, 0.15) is 5.56 Å². The summed E-state index contributed by atoms with van der Waals surface area (Å²) in [5.74, 6) is -0.456. The average molecular weight is 255 g/mol.